The van der Waals surface area contributed by atoms with Crippen LogP contribution in [0.2, 0.25) is 0 Å². The van der Waals surface area contributed by atoms with Crippen LogP contribution < -0.4 is 10.5 Å². The molecule has 0 fully saturated rings. The molecule has 0 aliphatic rings. The number of aryl methyl sites for hydroxylation is 1. The van der Waals surface area contributed by atoms with Crippen LogP contribution >= 0.6 is 0 Å². The summed E-state index contributed by atoms with van der Waals surface area (Å²) < 4.78 is 6.05. The molecule has 0 radical (unpaired) electrons. The second-order valence-corrected chi connectivity index (χ2v) is 5.35. The van der Waals surface area contributed by atoms with Gasteiger partial charge in [0.1, 0.15) is 18.2 Å². The summed E-state index contributed by atoms with van der Waals surface area (Å²) in [5, 5.41) is 0. The molecule has 0 saturated heterocycles. The first-order chi connectivity index (χ1) is 11.3. The Balaban J connectivity index is 1.92. The fourth-order valence-corrected chi connectivity index (χ4v) is 2.58. The summed E-state index contributed by atoms with van der Waals surface area (Å²) in [6.45, 7) is 2.63. The van der Waals surface area contributed by atoms with E-state index in [0.717, 1.165) is 34.6 Å². The van der Waals surface area contributed by atoms with Gasteiger partial charge in [-0.25, -0.2) is 4.98 Å². The van der Waals surface area contributed by atoms with E-state index in [-0.39, 0.29) is 0 Å². The molecule has 0 amide bonds. The molecule has 3 heteroatoms. The van der Waals surface area contributed by atoms with Gasteiger partial charge in [0.25, 0.3) is 0 Å². The minimum atomic E-state index is 0.543. The van der Waals surface area contributed by atoms with Crippen LogP contribution in [0.5, 0.6) is 5.75 Å². The lowest BCUT2D eigenvalue weighted by molar-refractivity contribution is 0.307. The number of nitrogens with two attached hydrogens (primary N) is 1. The molecule has 2 N–H and O–H groups in total. The number of nitrogen functional groups attached to an aromatic ring is 1. The average Bonchev–Trinajstić information content (AvgIpc) is 2.61. The van der Waals surface area contributed by atoms with Gasteiger partial charge in [0, 0.05) is 11.1 Å². The standard InChI is InChI=1S/C20H20N2O/c1-2-18-16(12-13-20(21)22-18)17-10-6-7-11-19(17)23-14-15-8-4-3-5-9-15/h3-13H,2,14H2,1H3,(H2,21,22). The van der Waals surface area contributed by atoms with Crippen LogP contribution in [0.4, 0.5) is 5.82 Å². The first-order valence-electron chi connectivity index (χ1n) is 7.79. The Kier molecular flexibility index (Phi) is 4.57. The summed E-state index contributed by atoms with van der Waals surface area (Å²) in [5.41, 5.74) is 10.1. The van der Waals surface area contributed by atoms with Crippen LogP contribution in [-0.4, -0.2) is 4.98 Å². The van der Waals surface area contributed by atoms with Gasteiger partial charge in [-0.3, -0.25) is 0 Å². The van der Waals surface area contributed by atoms with E-state index in [0.29, 0.717) is 12.4 Å². The van der Waals surface area contributed by atoms with Crippen molar-refractivity contribution in [3.05, 3.63) is 78.0 Å². The van der Waals surface area contributed by atoms with E-state index in [1.807, 2.05) is 48.5 Å². The van der Waals surface area contributed by atoms with E-state index < -0.39 is 0 Å². The van der Waals surface area contributed by atoms with E-state index in [1.165, 1.54) is 0 Å². The normalized spacial score (nSPS) is 10.5. The molecule has 23 heavy (non-hydrogen) atoms. The molecule has 0 bridgehead atoms. The minimum absolute atomic E-state index is 0.543. The highest BCUT2D eigenvalue weighted by Crippen LogP contribution is 2.32. The van der Waals surface area contributed by atoms with Crippen molar-refractivity contribution < 1.29 is 4.74 Å². The third-order valence-corrected chi connectivity index (χ3v) is 3.75. The van der Waals surface area contributed by atoms with E-state index in [9.17, 15) is 0 Å². The lowest BCUT2D eigenvalue weighted by atomic mass is 10.0. The number of hydrogen-bond donors (Lipinski definition) is 1. The number of benzene rings is 2. The van der Waals surface area contributed by atoms with Crippen LogP contribution in [0.15, 0.2) is 66.7 Å². The number of nitrogens with zero attached hydrogens (tertiary/aromatic N) is 1. The third-order valence-electron chi connectivity index (χ3n) is 3.75. The topological polar surface area (TPSA) is 48.1 Å². The summed E-state index contributed by atoms with van der Waals surface area (Å²) in [6.07, 6.45) is 0.827. The Hall–Kier alpha value is -2.81. The number of pyridine rings is 1. The first-order valence-corrected chi connectivity index (χ1v) is 7.79. The molecule has 0 aliphatic heterocycles. The molecule has 0 unspecified atom stereocenters. The number of hydrogen-bond acceptors (Lipinski definition) is 3. The van der Waals surface area contributed by atoms with Crippen LogP contribution in [0.25, 0.3) is 11.1 Å². The van der Waals surface area contributed by atoms with Crippen LogP contribution in [0.3, 0.4) is 0 Å². The zero-order chi connectivity index (χ0) is 16.1. The maximum Gasteiger partial charge on any atom is 0.127 e. The van der Waals surface area contributed by atoms with Gasteiger partial charge in [0.2, 0.25) is 0 Å². The molecule has 3 rings (SSSR count). The molecule has 3 nitrogen and oxygen atoms in total. The third kappa shape index (κ3) is 3.51. The van der Waals surface area contributed by atoms with Crippen LogP contribution in [0, 0.1) is 0 Å². The van der Waals surface area contributed by atoms with Gasteiger partial charge in [-0.2, -0.15) is 0 Å². The Bertz CT molecular complexity index is 785. The molecule has 0 spiro atoms. The van der Waals surface area contributed by atoms with E-state index in [2.05, 4.69) is 30.1 Å². The van der Waals surface area contributed by atoms with Crippen LogP contribution in [-0.2, 0) is 13.0 Å². The molecule has 0 atom stereocenters. The Morgan fingerprint density at radius 1 is 0.870 bits per heavy atom. The van der Waals surface area contributed by atoms with Crippen molar-refractivity contribution in [1.29, 1.82) is 0 Å². The summed E-state index contributed by atoms with van der Waals surface area (Å²) in [6, 6.07) is 22.1. The van der Waals surface area contributed by atoms with Gasteiger partial charge in [0.05, 0.1) is 5.69 Å². The second kappa shape index (κ2) is 6.97. The van der Waals surface area contributed by atoms with Gasteiger partial charge in [-0.05, 0) is 30.2 Å². The predicted molar refractivity (Wildman–Crippen MR) is 94.2 cm³/mol. The fraction of sp³-hybridized carbons (Fsp3) is 0.150. The molecule has 0 saturated carbocycles. The largest absolute Gasteiger partial charge is 0.488 e. The maximum atomic E-state index is 6.05. The summed E-state index contributed by atoms with van der Waals surface area (Å²) in [4.78, 5) is 4.45. The average molecular weight is 304 g/mol. The first kappa shape index (κ1) is 15.1. The lowest BCUT2D eigenvalue weighted by Crippen LogP contribution is -2.00. The molecule has 3 aromatic rings. The number of rotatable bonds is 5. The van der Waals surface area contributed by atoms with Gasteiger partial charge in [-0.15, -0.1) is 0 Å². The van der Waals surface area contributed by atoms with Gasteiger partial charge in [0.15, 0.2) is 0 Å². The Labute approximate surface area is 136 Å². The molecule has 116 valence electrons. The molecule has 1 heterocycles. The highest BCUT2D eigenvalue weighted by molar-refractivity contribution is 5.73. The van der Waals surface area contributed by atoms with Crippen molar-refractivity contribution in [3.8, 4) is 16.9 Å². The molecular formula is C20H20N2O. The monoisotopic (exact) mass is 304 g/mol. The van der Waals surface area contributed by atoms with Gasteiger partial charge in [-0.1, -0.05) is 55.5 Å². The molecular weight excluding hydrogens is 284 g/mol. The summed E-state index contributed by atoms with van der Waals surface area (Å²) in [5.74, 6) is 1.41. The quantitative estimate of drug-likeness (QED) is 0.756. The lowest BCUT2D eigenvalue weighted by Gasteiger charge is -2.14. The number of para-hydroxylation sites is 1. The van der Waals surface area contributed by atoms with Crippen molar-refractivity contribution >= 4 is 5.82 Å². The Morgan fingerprint density at radius 2 is 1.61 bits per heavy atom. The van der Waals surface area contributed by atoms with E-state index in [1.54, 1.807) is 0 Å². The van der Waals surface area contributed by atoms with E-state index in [4.69, 9.17) is 10.5 Å². The highest BCUT2D eigenvalue weighted by atomic mass is 16.5. The summed E-state index contributed by atoms with van der Waals surface area (Å²) >= 11 is 0. The summed E-state index contributed by atoms with van der Waals surface area (Å²) in [7, 11) is 0. The van der Waals surface area contributed by atoms with Gasteiger partial charge >= 0.3 is 0 Å². The van der Waals surface area contributed by atoms with Crippen molar-refractivity contribution in [2.75, 3.05) is 5.73 Å². The van der Waals surface area contributed by atoms with Crippen molar-refractivity contribution in [2.45, 2.75) is 20.0 Å². The predicted octanol–water partition coefficient (Wildman–Crippen LogP) is 4.47. The zero-order valence-electron chi connectivity index (χ0n) is 13.2. The van der Waals surface area contributed by atoms with Crippen molar-refractivity contribution in [1.82, 2.24) is 4.98 Å². The smallest absolute Gasteiger partial charge is 0.127 e. The van der Waals surface area contributed by atoms with E-state index >= 15 is 0 Å². The zero-order valence-corrected chi connectivity index (χ0v) is 13.2. The number of aromatic nitrogens is 1. The maximum absolute atomic E-state index is 6.05. The SMILES string of the molecule is CCc1nc(N)ccc1-c1ccccc1OCc1ccccc1. The molecule has 1 aromatic heterocycles. The fourth-order valence-electron chi connectivity index (χ4n) is 2.58. The minimum Gasteiger partial charge on any atom is -0.488 e. The number of anilines is 1. The molecule has 0 aliphatic carbocycles. The highest BCUT2D eigenvalue weighted by Gasteiger charge is 2.11. The van der Waals surface area contributed by atoms with Crippen molar-refractivity contribution in [2.24, 2.45) is 0 Å². The van der Waals surface area contributed by atoms with Crippen molar-refractivity contribution in [3.63, 3.8) is 0 Å². The number of ether oxygens (including phenoxy) is 1. The van der Waals surface area contributed by atoms with Gasteiger partial charge < -0.3 is 10.5 Å². The second-order valence-electron chi connectivity index (χ2n) is 5.35. The Morgan fingerprint density at radius 3 is 2.39 bits per heavy atom. The molecule has 2 aromatic carbocycles. The van der Waals surface area contributed by atoms with Crippen LogP contribution in [0.1, 0.15) is 18.2 Å².